The molecule has 0 aromatic heterocycles. The van der Waals surface area contributed by atoms with Gasteiger partial charge < -0.3 is 19.5 Å². The molecule has 1 amide bonds. The molecule has 0 atom stereocenters. The van der Waals surface area contributed by atoms with Crippen molar-refractivity contribution in [2.45, 2.75) is 13.5 Å². The number of hydrogen-bond donors (Lipinski definition) is 1. The van der Waals surface area contributed by atoms with Gasteiger partial charge in [0, 0.05) is 18.4 Å². The predicted octanol–water partition coefficient (Wildman–Crippen LogP) is 4.93. The van der Waals surface area contributed by atoms with Gasteiger partial charge in [-0.1, -0.05) is 48.5 Å². The van der Waals surface area contributed by atoms with Gasteiger partial charge >= 0.3 is 0 Å². The quantitative estimate of drug-likeness (QED) is 0.498. The van der Waals surface area contributed by atoms with Gasteiger partial charge in [0.25, 0.3) is 5.91 Å². The zero-order valence-corrected chi connectivity index (χ0v) is 16.5. The predicted molar refractivity (Wildman–Crippen MR) is 114 cm³/mol. The number of hydrogen-bond acceptors (Lipinski definition) is 4. The van der Waals surface area contributed by atoms with Crippen molar-refractivity contribution in [3.63, 3.8) is 0 Å². The van der Waals surface area contributed by atoms with Crippen LogP contribution in [0, 0.1) is 0 Å². The number of rotatable bonds is 10. The summed E-state index contributed by atoms with van der Waals surface area (Å²) in [6, 6.07) is 24.4. The van der Waals surface area contributed by atoms with Gasteiger partial charge in [-0.15, -0.1) is 0 Å². The van der Waals surface area contributed by atoms with Gasteiger partial charge in [-0.2, -0.15) is 0 Å². The van der Waals surface area contributed by atoms with E-state index in [1.807, 2.05) is 67.6 Å². The van der Waals surface area contributed by atoms with Gasteiger partial charge in [0.15, 0.2) is 0 Å². The van der Waals surface area contributed by atoms with E-state index >= 15 is 0 Å². The first-order chi connectivity index (χ1) is 14.3. The third-order valence-electron chi connectivity index (χ3n) is 4.16. The van der Waals surface area contributed by atoms with Crippen LogP contribution in [0.4, 0.5) is 5.69 Å². The third-order valence-corrected chi connectivity index (χ3v) is 4.16. The molecule has 3 aromatic rings. The number of carbonyl (C=O) groups excluding carboxylic acids is 1. The fourth-order valence-corrected chi connectivity index (χ4v) is 2.74. The van der Waals surface area contributed by atoms with Crippen LogP contribution in [0.15, 0.2) is 78.9 Å². The summed E-state index contributed by atoms with van der Waals surface area (Å²) in [5.74, 6) is 0.978. The first kappa shape index (κ1) is 20.4. The van der Waals surface area contributed by atoms with Crippen LogP contribution in [0.25, 0.3) is 0 Å². The molecule has 0 bridgehead atoms. The Balaban J connectivity index is 1.62. The Morgan fingerprint density at radius 3 is 2.48 bits per heavy atom. The molecule has 3 rings (SSSR count). The molecule has 0 radical (unpaired) electrons. The van der Waals surface area contributed by atoms with Crippen LogP contribution in [-0.2, 0) is 11.3 Å². The average Bonchev–Trinajstić information content (AvgIpc) is 2.76. The van der Waals surface area contributed by atoms with Gasteiger partial charge in [-0.25, -0.2) is 0 Å². The van der Waals surface area contributed by atoms with E-state index in [1.54, 1.807) is 18.2 Å². The number of nitrogens with one attached hydrogen (secondary N) is 1. The van der Waals surface area contributed by atoms with Crippen LogP contribution in [-0.4, -0.2) is 25.7 Å². The molecular weight excluding hydrogens is 366 g/mol. The second-order valence-electron chi connectivity index (χ2n) is 6.30. The number of para-hydroxylation sites is 1. The Labute approximate surface area is 171 Å². The molecule has 0 spiro atoms. The topological polar surface area (TPSA) is 56.8 Å². The second-order valence-corrected chi connectivity index (χ2v) is 6.30. The highest BCUT2D eigenvalue weighted by molar-refractivity contribution is 6.06. The highest BCUT2D eigenvalue weighted by atomic mass is 16.5. The maximum Gasteiger partial charge on any atom is 0.259 e. The molecule has 0 aliphatic carbocycles. The van der Waals surface area contributed by atoms with E-state index in [1.165, 1.54) is 0 Å². The van der Waals surface area contributed by atoms with Gasteiger partial charge in [-0.05, 0) is 36.8 Å². The van der Waals surface area contributed by atoms with Crippen molar-refractivity contribution in [2.75, 3.05) is 25.1 Å². The molecule has 0 saturated heterocycles. The summed E-state index contributed by atoms with van der Waals surface area (Å²) in [4.78, 5) is 12.8. The summed E-state index contributed by atoms with van der Waals surface area (Å²) >= 11 is 0. The molecule has 29 heavy (non-hydrogen) atoms. The zero-order valence-electron chi connectivity index (χ0n) is 16.5. The van der Waals surface area contributed by atoms with Gasteiger partial charge in [0.1, 0.15) is 24.7 Å². The molecule has 3 aromatic carbocycles. The Morgan fingerprint density at radius 1 is 0.862 bits per heavy atom. The number of amides is 1. The fourth-order valence-electron chi connectivity index (χ4n) is 2.74. The Morgan fingerprint density at radius 2 is 1.66 bits per heavy atom. The Hall–Kier alpha value is -3.31. The monoisotopic (exact) mass is 391 g/mol. The maximum atomic E-state index is 12.8. The molecule has 0 saturated carbocycles. The van der Waals surface area contributed by atoms with E-state index in [0.717, 1.165) is 5.56 Å². The van der Waals surface area contributed by atoms with E-state index in [9.17, 15) is 4.79 Å². The largest absolute Gasteiger partial charge is 0.490 e. The Kier molecular flexibility index (Phi) is 7.66. The Bertz CT molecular complexity index is 912. The van der Waals surface area contributed by atoms with Crippen LogP contribution in [0.3, 0.4) is 0 Å². The van der Waals surface area contributed by atoms with E-state index in [2.05, 4.69) is 5.32 Å². The second kappa shape index (κ2) is 10.9. The summed E-state index contributed by atoms with van der Waals surface area (Å²) in [7, 11) is 0. The van der Waals surface area contributed by atoms with Crippen LogP contribution in [0.1, 0.15) is 22.8 Å². The van der Waals surface area contributed by atoms with E-state index < -0.39 is 0 Å². The minimum atomic E-state index is -0.239. The molecule has 0 heterocycles. The lowest BCUT2D eigenvalue weighted by molar-refractivity contribution is 0.0998. The summed E-state index contributed by atoms with van der Waals surface area (Å²) in [5, 5.41) is 2.91. The lowest BCUT2D eigenvalue weighted by atomic mass is 10.2. The first-order valence-electron chi connectivity index (χ1n) is 9.64. The highest BCUT2D eigenvalue weighted by Crippen LogP contribution is 2.22. The van der Waals surface area contributed by atoms with Crippen molar-refractivity contribution in [2.24, 2.45) is 0 Å². The summed E-state index contributed by atoms with van der Waals surface area (Å²) in [6.45, 7) is 3.90. The standard InChI is InChI=1S/C24H25NO4/c1-2-27-15-16-28-23-14-7-6-13-22(23)24(26)25-20-11-8-12-21(17-20)29-18-19-9-4-3-5-10-19/h3-14,17H,2,15-16,18H2,1H3,(H,25,26). The molecule has 0 aliphatic heterocycles. The SMILES string of the molecule is CCOCCOc1ccccc1C(=O)Nc1cccc(OCc2ccccc2)c1. The van der Waals surface area contributed by atoms with Crippen molar-refractivity contribution in [1.29, 1.82) is 0 Å². The third kappa shape index (κ3) is 6.36. The van der Waals surface area contributed by atoms with Gasteiger partial charge in [-0.3, -0.25) is 4.79 Å². The normalized spacial score (nSPS) is 10.4. The van der Waals surface area contributed by atoms with Gasteiger partial charge in [0.2, 0.25) is 0 Å². The minimum absolute atomic E-state index is 0.239. The molecule has 0 unspecified atom stereocenters. The zero-order chi connectivity index (χ0) is 20.3. The molecule has 0 fully saturated rings. The van der Waals surface area contributed by atoms with Crippen LogP contribution < -0.4 is 14.8 Å². The number of carbonyl (C=O) groups is 1. The van der Waals surface area contributed by atoms with Crippen molar-refractivity contribution < 1.29 is 19.0 Å². The smallest absolute Gasteiger partial charge is 0.259 e. The molecule has 1 N–H and O–H groups in total. The summed E-state index contributed by atoms with van der Waals surface area (Å²) < 4.78 is 16.8. The van der Waals surface area contributed by atoms with Crippen LogP contribution in [0.5, 0.6) is 11.5 Å². The van der Waals surface area contributed by atoms with Crippen LogP contribution in [0.2, 0.25) is 0 Å². The summed E-state index contributed by atoms with van der Waals surface area (Å²) in [6.07, 6.45) is 0. The fraction of sp³-hybridized carbons (Fsp3) is 0.208. The van der Waals surface area contributed by atoms with Crippen molar-refractivity contribution >= 4 is 11.6 Å². The molecule has 0 aliphatic rings. The van der Waals surface area contributed by atoms with E-state index in [4.69, 9.17) is 14.2 Å². The summed E-state index contributed by atoms with van der Waals surface area (Å²) in [5.41, 5.74) is 2.21. The number of anilines is 1. The maximum absolute atomic E-state index is 12.8. The van der Waals surface area contributed by atoms with Crippen LogP contribution >= 0.6 is 0 Å². The molecule has 5 nitrogen and oxygen atoms in total. The van der Waals surface area contributed by atoms with Crippen molar-refractivity contribution in [3.05, 3.63) is 90.0 Å². The molecular formula is C24H25NO4. The minimum Gasteiger partial charge on any atom is -0.490 e. The van der Waals surface area contributed by atoms with E-state index in [-0.39, 0.29) is 5.91 Å². The first-order valence-corrected chi connectivity index (χ1v) is 9.64. The number of ether oxygens (including phenoxy) is 3. The van der Waals surface area contributed by atoms with E-state index in [0.29, 0.717) is 49.2 Å². The molecule has 150 valence electrons. The number of benzene rings is 3. The molecule has 5 heteroatoms. The average molecular weight is 391 g/mol. The van der Waals surface area contributed by atoms with Crippen molar-refractivity contribution in [3.8, 4) is 11.5 Å². The lowest BCUT2D eigenvalue weighted by Gasteiger charge is -2.12. The lowest BCUT2D eigenvalue weighted by Crippen LogP contribution is -2.15. The van der Waals surface area contributed by atoms with Crippen molar-refractivity contribution in [1.82, 2.24) is 0 Å². The van der Waals surface area contributed by atoms with Gasteiger partial charge in [0.05, 0.1) is 12.2 Å². The highest BCUT2D eigenvalue weighted by Gasteiger charge is 2.12.